The van der Waals surface area contributed by atoms with Gasteiger partial charge in [0.2, 0.25) is 0 Å². The Kier molecular flexibility index (Phi) is 3.94. The number of benzene rings is 2. The summed E-state index contributed by atoms with van der Waals surface area (Å²) in [6.45, 7) is 0.621. The Morgan fingerprint density at radius 1 is 0.897 bits per heavy atom. The zero-order chi connectivity index (χ0) is 19.8. The van der Waals surface area contributed by atoms with Crippen LogP contribution in [-0.4, -0.2) is 29.3 Å². The first kappa shape index (κ1) is 16.9. The molecule has 5 rings (SSSR count). The number of fused-ring (bicyclic) bond motifs is 1. The Morgan fingerprint density at radius 3 is 2.38 bits per heavy atom. The predicted octanol–water partition coefficient (Wildman–Crippen LogP) is 2.31. The normalized spacial score (nSPS) is 11.2. The first-order valence-electron chi connectivity index (χ1n) is 9.06. The third-order valence-corrected chi connectivity index (χ3v) is 4.66. The Labute approximate surface area is 164 Å². The van der Waals surface area contributed by atoms with Crippen molar-refractivity contribution in [2.24, 2.45) is 0 Å². The number of rotatable bonds is 4. The number of H-pyrrole nitrogens is 2. The fourth-order valence-electron chi connectivity index (χ4n) is 3.29. The highest BCUT2D eigenvalue weighted by atomic mass is 16.2. The van der Waals surface area contributed by atoms with Crippen molar-refractivity contribution in [1.29, 1.82) is 0 Å². The van der Waals surface area contributed by atoms with Gasteiger partial charge in [-0.2, -0.15) is 5.10 Å². The summed E-state index contributed by atoms with van der Waals surface area (Å²) in [5, 5.41) is 4.38. The molecule has 142 valence electrons. The molecule has 0 spiro atoms. The van der Waals surface area contributed by atoms with Crippen molar-refractivity contribution in [1.82, 2.24) is 29.3 Å². The van der Waals surface area contributed by atoms with Crippen LogP contribution in [0.15, 0.2) is 82.6 Å². The highest BCUT2D eigenvalue weighted by molar-refractivity contribution is 5.76. The Hall–Kier alpha value is -4.20. The average molecular weight is 384 g/mol. The van der Waals surface area contributed by atoms with Gasteiger partial charge in [0.05, 0.1) is 24.0 Å². The summed E-state index contributed by atoms with van der Waals surface area (Å²) in [6.07, 6.45) is 3.53. The minimum absolute atomic E-state index is 0.235. The van der Waals surface area contributed by atoms with E-state index in [2.05, 4.69) is 20.1 Å². The molecule has 3 aromatic heterocycles. The van der Waals surface area contributed by atoms with Crippen LogP contribution >= 0.6 is 0 Å². The molecule has 0 unspecified atom stereocenters. The van der Waals surface area contributed by atoms with Crippen LogP contribution in [0.3, 0.4) is 0 Å². The van der Waals surface area contributed by atoms with Crippen molar-refractivity contribution in [2.45, 2.75) is 6.54 Å². The maximum absolute atomic E-state index is 12.4. The molecule has 0 radical (unpaired) electrons. The molecular formula is C21H16N6O2. The number of nitrogens with one attached hydrogen (secondary N) is 2. The number of imidazole rings is 1. The van der Waals surface area contributed by atoms with Gasteiger partial charge in [0.15, 0.2) is 11.2 Å². The molecule has 2 N–H and O–H groups in total. The second-order valence-corrected chi connectivity index (χ2v) is 6.63. The quantitative estimate of drug-likeness (QED) is 0.496. The molecule has 0 aliphatic heterocycles. The third-order valence-electron chi connectivity index (χ3n) is 4.66. The summed E-state index contributed by atoms with van der Waals surface area (Å²) in [5.74, 6) is 0.472. The highest BCUT2D eigenvalue weighted by Crippen LogP contribution is 2.19. The molecule has 2 aromatic carbocycles. The lowest BCUT2D eigenvalue weighted by Gasteiger charge is -2.04. The molecule has 0 fully saturated rings. The van der Waals surface area contributed by atoms with Crippen LogP contribution in [0, 0.1) is 0 Å². The summed E-state index contributed by atoms with van der Waals surface area (Å²) in [6, 6.07) is 19.0. The second-order valence-electron chi connectivity index (χ2n) is 6.63. The van der Waals surface area contributed by atoms with E-state index in [0.29, 0.717) is 18.1 Å². The molecule has 5 aromatic rings. The lowest BCUT2D eigenvalue weighted by molar-refractivity contribution is 0.687. The van der Waals surface area contributed by atoms with E-state index in [1.807, 2.05) is 54.7 Å². The smallest absolute Gasteiger partial charge is 0.332 e. The molecule has 0 saturated carbocycles. The maximum atomic E-state index is 12.4. The lowest BCUT2D eigenvalue weighted by Crippen LogP contribution is -2.29. The molecular weight excluding hydrogens is 368 g/mol. The average Bonchev–Trinajstić information content (AvgIpc) is 3.37. The van der Waals surface area contributed by atoms with E-state index in [-0.39, 0.29) is 11.2 Å². The van der Waals surface area contributed by atoms with E-state index in [9.17, 15) is 9.59 Å². The van der Waals surface area contributed by atoms with Gasteiger partial charge in [-0.25, -0.2) is 14.3 Å². The number of hydrogen-bond donors (Lipinski definition) is 2. The molecule has 0 aliphatic rings. The predicted molar refractivity (Wildman–Crippen MR) is 109 cm³/mol. The van der Waals surface area contributed by atoms with E-state index < -0.39 is 11.2 Å². The van der Waals surface area contributed by atoms with Crippen molar-refractivity contribution < 1.29 is 0 Å². The van der Waals surface area contributed by atoms with Crippen LogP contribution in [0.4, 0.5) is 0 Å². The van der Waals surface area contributed by atoms with Gasteiger partial charge in [-0.1, -0.05) is 48.5 Å². The van der Waals surface area contributed by atoms with Crippen molar-refractivity contribution in [3.63, 3.8) is 0 Å². The standard InChI is InChI=1S/C21H16N6O2/c28-20-17-19(27(21(29)25-20)16-9-5-2-6-10-16)24-18(23-17)15-11-22-26(13-15)12-14-7-3-1-4-8-14/h1-11,13H,12H2,(H,23,24)(H,25,28,29). The van der Waals surface area contributed by atoms with Gasteiger partial charge in [0, 0.05) is 6.20 Å². The van der Waals surface area contributed by atoms with Crippen molar-refractivity contribution in [3.05, 3.63) is 99.5 Å². The van der Waals surface area contributed by atoms with E-state index >= 15 is 0 Å². The third kappa shape index (κ3) is 3.06. The van der Waals surface area contributed by atoms with Crippen molar-refractivity contribution in [2.75, 3.05) is 0 Å². The van der Waals surface area contributed by atoms with Crippen LogP contribution in [-0.2, 0) is 6.54 Å². The number of aromatic amines is 2. The Bertz CT molecular complexity index is 1410. The second kappa shape index (κ2) is 6.75. The molecule has 0 saturated heterocycles. The number of para-hydroxylation sites is 1. The van der Waals surface area contributed by atoms with E-state index in [0.717, 1.165) is 11.1 Å². The molecule has 0 bridgehead atoms. The van der Waals surface area contributed by atoms with E-state index in [4.69, 9.17) is 0 Å². The molecule has 8 heteroatoms. The van der Waals surface area contributed by atoms with Crippen LogP contribution in [0.2, 0.25) is 0 Å². The van der Waals surface area contributed by atoms with Gasteiger partial charge in [-0.05, 0) is 17.7 Å². The van der Waals surface area contributed by atoms with Crippen molar-refractivity contribution in [3.8, 4) is 17.1 Å². The SMILES string of the molecule is O=c1[nH]c(=O)n(-c2ccccc2)c2nc(-c3cnn(Cc4ccccc4)c3)[nH]c12. The number of nitrogens with zero attached hydrogens (tertiary/aromatic N) is 4. The summed E-state index contributed by atoms with van der Waals surface area (Å²) in [7, 11) is 0. The van der Waals surface area contributed by atoms with Crippen molar-refractivity contribution >= 4 is 11.2 Å². The minimum atomic E-state index is -0.536. The van der Waals surface area contributed by atoms with Crippen LogP contribution in [0.1, 0.15) is 5.56 Å². The van der Waals surface area contributed by atoms with Crippen LogP contribution in [0.5, 0.6) is 0 Å². The molecule has 29 heavy (non-hydrogen) atoms. The molecule has 3 heterocycles. The van der Waals surface area contributed by atoms with E-state index in [1.165, 1.54) is 4.57 Å². The largest absolute Gasteiger partial charge is 0.334 e. The van der Waals surface area contributed by atoms with Gasteiger partial charge in [-0.3, -0.25) is 14.5 Å². The summed E-state index contributed by atoms with van der Waals surface area (Å²) in [5.41, 5.74) is 1.94. The summed E-state index contributed by atoms with van der Waals surface area (Å²) >= 11 is 0. The Morgan fingerprint density at radius 2 is 1.62 bits per heavy atom. The lowest BCUT2D eigenvalue weighted by atomic mass is 10.2. The monoisotopic (exact) mass is 384 g/mol. The molecule has 0 aliphatic carbocycles. The van der Waals surface area contributed by atoms with Crippen LogP contribution < -0.4 is 11.2 Å². The van der Waals surface area contributed by atoms with Gasteiger partial charge in [0.25, 0.3) is 5.56 Å². The van der Waals surface area contributed by atoms with Gasteiger partial charge < -0.3 is 4.98 Å². The number of hydrogen-bond acceptors (Lipinski definition) is 4. The Balaban J connectivity index is 1.60. The zero-order valence-electron chi connectivity index (χ0n) is 15.2. The van der Waals surface area contributed by atoms with Gasteiger partial charge in [0.1, 0.15) is 5.82 Å². The fraction of sp³-hybridized carbons (Fsp3) is 0.0476. The highest BCUT2D eigenvalue weighted by Gasteiger charge is 2.16. The first-order chi connectivity index (χ1) is 14.2. The molecule has 0 amide bonds. The number of aromatic nitrogens is 6. The fourth-order valence-corrected chi connectivity index (χ4v) is 3.29. The molecule has 0 atom stereocenters. The van der Waals surface area contributed by atoms with Gasteiger partial charge >= 0.3 is 5.69 Å². The summed E-state index contributed by atoms with van der Waals surface area (Å²) < 4.78 is 3.18. The zero-order valence-corrected chi connectivity index (χ0v) is 15.2. The summed E-state index contributed by atoms with van der Waals surface area (Å²) in [4.78, 5) is 34.7. The van der Waals surface area contributed by atoms with E-state index in [1.54, 1.807) is 23.0 Å². The maximum Gasteiger partial charge on any atom is 0.334 e. The molecule has 8 nitrogen and oxygen atoms in total. The topological polar surface area (TPSA) is 101 Å². The van der Waals surface area contributed by atoms with Gasteiger partial charge in [-0.15, -0.1) is 0 Å². The first-order valence-corrected chi connectivity index (χ1v) is 9.06. The van der Waals surface area contributed by atoms with Crippen LogP contribution in [0.25, 0.3) is 28.2 Å². The minimum Gasteiger partial charge on any atom is -0.332 e.